The normalized spacial score (nSPS) is 11.6. The van der Waals surface area contributed by atoms with Gasteiger partial charge < -0.3 is 0 Å². The van der Waals surface area contributed by atoms with Crippen LogP contribution in [-0.4, -0.2) is 5.51 Å². The molecule has 0 bridgehead atoms. The molecule has 0 amide bonds. The van der Waals surface area contributed by atoms with Crippen molar-refractivity contribution in [2.45, 2.75) is 44.0 Å². The van der Waals surface area contributed by atoms with E-state index < -0.39 is 5.51 Å². The SMILES string of the molecule is CC(C)C#Cc1ccc(C(C)C)cc1SC(F)(F)F. The van der Waals surface area contributed by atoms with Gasteiger partial charge in [0, 0.05) is 16.4 Å². The molecule has 0 aliphatic rings. The number of hydrogen-bond donors (Lipinski definition) is 0. The molecule has 1 aromatic rings. The van der Waals surface area contributed by atoms with E-state index in [-0.39, 0.29) is 28.5 Å². The van der Waals surface area contributed by atoms with E-state index in [1.54, 1.807) is 12.1 Å². The van der Waals surface area contributed by atoms with Crippen molar-refractivity contribution in [3.05, 3.63) is 29.3 Å². The maximum absolute atomic E-state index is 12.6. The molecule has 0 aliphatic heterocycles. The Bertz CT molecular complexity index is 490. The highest BCUT2D eigenvalue weighted by Crippen LogP contribution is 2.39. The first-order valence-corrected chi connectivity index (χ1v) is 6.92. The van der Waals surface area contributed by atoms with Gasteiger partial charge in [0.15, 0.2) is 0 Å². The first kappa shape index (κ1) is 16.0. The average molecular weight is 286 g/mol. The number of halogens is 3. The van der Waals surface area contributed by atoms with Crippen LogP contribution in [0.5, 0.6) is 0 Å². The molecule has 1 rings (SSSR count). The zero-order chi connectivity index (χ0) is 14.6. The lowest BCUT2D eigenvalue weighted by molar-refractivity contribution is -0.0328. The molecule has 4 heteroatoms. The first-order chi connectivity index (χ1) is 8.69. The predicted octanol–water partition coefficient (Wildman–Crippen LogP) is 5.43. The van der Waals surface area contributed by atoms with Gasteiger partial charge in [-0.1, -0.05) is 45.6 Å². The van der Waals surface area contributed by atoms with Gasteiger partial charge in [-0.3, -0.25) is 0 Å². The van der Waals surface area contributed by atoms with E-state index in [2.05, 4.69) is 11.8 Å². The lowest BCUT2D eigenvalue weighted by Crippen LogP contribution is -2.01. The summed E-state index contributed by atoms with van der Waals surface area (Å²) in [6.45, 7) is 7.73. The van der Waals surface area contributed by atoms with Crippen molar-refractivity contribution in [2.24, 2.45) is 5.92 Å². The number of alkyl halides is 3. The molecule has 0 N–H and O–H groups in total. The summed E-state index contributed by atoms with van der Waals surface area (Å²) in [5, 5.41) is 0. The molecule has 0 heterocycles. The van der Waals surface area contributed by atoms with Crippen molar-refractivity contribution in [1.82, 2.24) is 0 Å². The van der Waals surface area contributed by atoms with Crippen molar-refractivity contribution < 1.29 is 13.2 Å². The van der Waals surface area contributed by atoms with E-state index in [0.29, 0.717) is 5.56 Å². The Hall–Kier alpha value is -1.08. The lowest BCUT2D eigenvalue weighted by atomic mass is 10.0. The maximum Gasteiger partial charge on any atom is 0.446 e. The minimum atomic E-state index is -4.29. The van der Waals surface area contributed by atoms with Crippen LogP contribution in [0, 0.1) is 17.8 Å². The molecule has 0 saturated heterocycles. The number of rotatable bonds is 2. The van der Waals surface area contributed by atoms with Crippen molar-refractivity contribution in [2.75, 3.05) is 0 Å². The van der Waals surface area contributed by atoms with Gasteiger partial charge in [0.1, 0.15) is 0 Å². The summed E-state index contributed by atoms with van der Waals surface area (Å²) in [6.07, 6.45) is 0. The monoisotopic (exact) mass is 286 g/mol. The van der Waals surface area contributed by atoms with E-state index in [9.17, 15) is 13.2 Å². The third-order valence-electron chi connectivity index (χ3n) is 2.39. The number of benzene rings is 1. The van der Waals surface area contributed by atoms with Crippen LogP contribution >= 0.6 is 11.8 Å². The third kappa shape index (κ3) is 5.61. The summed E-state index contributed by atoms with van der Waals surface area (Å²) in [5.41, 5.74) is -2.95. The minimum absolute atomic E-state index is 0.0919. The molecule has 0 unspecified atom stereocenters. The van der Waals surface area contributed by atoms with Gasteiger partial charge in [-0.05, 0) is 35.4 Å². The van der Waals surface area contributed by atoms with E-state index >= 15 is 0 Å². The summed E-state index contributed by atoms with van der Waals surface area (Å²) >= 11 is -0.0919. The van der Waals surface area contributed by atoms with Crippen LogP contribution in [0.15, 0.2) is 23.1 Å². The average Bonchev–Trinajstić information content (AvgIpc) is 2.24. The van der Waals surface area contributed by atoms with Crippen LogP contribution in [0.4, 0.5) is 13.2 Å². The second-order valence-corrected chi connectivity index (χ2v) is 5.99. The van der Waals surface area contributed by atoms with Gasteiger partial charge in [-0.25, -0.2) is 0 Å². The van der Waals surface area contributed by atoms with Gasteiger partial charge in [0.25, 0.3) is 0 Å². The van der Waals surface area contributed by atoms with E-state index in [0.717, 1.165) is 5.56 Å². The predicted molar refractivity (Wildman–Crippen MR) is 74.2 cm³/mol. The molecule has 0 nitrogen and oxygen atoms in total. The molecule has 0 spiro atoms. The van der Waals surface area contributed by atoms with Gasteiger partial charge in [-0.2, -0.15) is 13.2 Å². The first-order valence-electron chi connectivity index (χ1n) is 6.10. The van der Waals surface area contributed by atoms with Crippen LogP contribution < -0.4 is 0 Å². The highest BCUT2D eigenvalue weighted by atomic mass is 32.2. The summed E-state index contributed by atoms with van der Waals surface area (Å²) in [7, 11) is 0. The molecule has 0 aromatic heterocycles. The molecule has 104 valence electrons. The zero-order valence-electron chi connectivity index (χ0n) is 11.4. The van der Waals surface area contributed by atoms with Crippen LogP contribution in [0.1, 0.15) is 44.7 Å². The number of thioether (sulfide) groups is 1. The van der Waals surface area contributed by atoms with Crippen molar-refractivity contribution in [3.8, 4) is 11.8 Å². The minimum Gasteiger partial charge on any atom is -0.160 e. The van der Waals surface area contributed by atoms with Gasteiger partial charge in [-0.15, -0.1) is 0 Å². The fraction of sp³-hybridized carbons (Fsp3) is 0.467. The smallest absolute Gasteiger partial charge is 0.160 e. The largest absolute Gasteiger partial charge is 0.446 e. The Morgan fingerprint density at radius 2 is 1.74 bits per heavy atom. The summed E-state index contributed by atoms with van der Waals surface area (Å²) in [6, 6.07) is 5.11. The van der Waals surface area contributed by atoms with E-state index in [1.165, 1.54) is 0 Å². The van der Waals surface area contributed by atoms with E-state index in [4.69, 9.17) is 0 Å². The van der Waals surface area contributed by atoms with Gasteiger partial charge in [0.05, 0.1) is 0 Å². The molecular weight excluding hydrogens is 269 g/mol. The highest BCUT2D eigenvalue weighted by molar-refractivity contribution is 8.00. The van der Waals surface area contributed by atoms with Crippen molar-refractivity contribution in [1.29, 1.82) is 0 Å². The van der Waals surface area contributed by atoms with Crippen LogP contribution in [0.3, 0.4) is 0 Å². The Morgan fingerprint density at radius 1 is 1.11 bits per heavy atom. The fourth-order valence-electron chi connectivity index (χ4n) is 1.43. The Labute approximate surface area is 116 Å². The highest BCUT2D eigenvalue weighted by Gasteiger charge is 2.30. The Balaban J connectivity index is 3.20. The second kappa shape index (κ2) is 6.38. The fourth-order valence-corrected chi connectivity index (χ4v) is 2.11. The summed E-state index contributed by atoms with van der Waals surface area (Å²) < 4.78 is 37.7. The van der Waals surface area contributed by atoms with Crippen molar-refractivity contribution >= 4 is 11.8 Å². The number of hydrogen-bond acceptors (Lipinski definition) is 1. The zero-order valence-corrected chi connectivity index (χ0v) is 12.2. The molecular formula is C15H17F3S. The molecule has 19 heavy (non-hydrogen) atoms. The quantitative estimate of drug-likeness (QED) is 0.516. The molecule has 0 fully saturated rings. The van der Waals surface area contributed by atoms with Crippen LogP contribution in [0.25, 0.3) is 0 Å². The standard InChI is InChI=1S/C15H17F3S/c1-10(2)5-6-12-7-8-13(11(3)4)9-14(12)19-15(16,17)18/h7-11H,1-4H3. The van der Waals surface area contributed by atoms with Crippen LogP contribution in [-0.2, 0) is 0 Å². The second-order valence-electron chi connectivity index (χ2n) is 4.88. The van der Waals surface area contributed by atoms with E-state index in [1.807, 2.05) is 33.8 Å². The topological polar surface area (TPSA) is 0 Å². The van der Waals surface area contributed by atoms with Crippen LogP contribution in [0.2, 0.25) is 0 Å². The molecule has 1 aromatic carbocycles. The summed E-state index contributed by atoms with van der Waals surface area (Å²) in [5.74, 6) is 6.06. The van der Waals surface area contributed by atoms with Crippen molar-refractivity contribution in [3.63, 3.8) is 0 Å². The molecule has 0 saturated carbocycles. The maximum atomic E-state index is 12.6. The Kier molecular flexibility index (Phi) is 5.37. The van der Waals surface area contributed by atoms with Gasteiger partial charge in [0.2, 0.25) is 0 Å². The Morgan fingerprint density at radius 3 is 2.21 bits per heavy atom. The summed E-state index contributed by atoms with van der Waals surface area (Å²) in [4.78, 5) is 0.187. The molecule has 0 aliphatic carbocycles. The third-order valence-corrected chi connectivity index (χ3v) is 3.18. The lowest BCUT2D eigenvalue weighted by Gasteiger charge is -2.12. The molecule has 0 atom stereocenters. The molecule has 0 radical (unpaired) electrons. The van der Waals surface area contributed by atoms with Gasteiger partial charge >= 0.3 is 5.51 Å².